The Kier molecular flexibility index (Phi) is 6.43. The van der Waals surface area contributed by atoms with E-state index in [0.29, 0.717) is 12.1 Å². The standard InChI is InChI=1S/C16H27N3O/c1-3-15(4-2)18-13-16(14-6-5-7-17-12-14)19-8-10-20-11-9-19/h5-7,12,15-16,18H,3-4,8-11,13H2,1-2H3. The van der Waals surface area contributed by atoms with E-state index in [1.807, 2.05) is 18.5 Å². The topological polar surface area (TPSA) is 37.4 Å². The van der Waals surface area contributed by atoms with Crippen molar-refractivity contribution in [2.24, 2.45) is 0 Å². The molecule has 0 bridgehead atoms. The Bertz CT molecular complexity index is 361. The first-order valence-corrected chi connectivity index (χ1v) is 7.80. The Morgan fingerprint density at radius 2 is 2.05 bits per heavy atom. The van der Waals surface area contributed by atoms with E-state index < -0.39 is 0 Å². The molecule has 1 saturated heterocycles. The maximum absolute atomic E-state index is 5.48. The Hall–Kier alpha value is -0.970. The summed E-state index contributed by atoms with van der Waals surface area (Å²) in [7, 11) is 0. The minimum Gasteiger partial charge on any atom is -0.379 e. The third kappa shape index (κ3) is 4.27. The summed E-state index contributed by atoms with van der Waals surface area (Å²) in [6.07, 6.45) is 6.20. The van der Waals surface area contributed by atoms with Crippen molar-refractivity contribution in [1.82, 2.24) is 15.2 Å². The van der Waals surface area contributed by atoms with E-state index in [1.165, 1.54) is 18.4 Å². The zero-order valence-corrected chi connectivity index (χ0v) is 12.7. The Labute approximate surface area is 122 Å². The molecule has 4 heteroatoms. The lowest BCUT2D eigenvalue weighted by Gasteiger charge is -2.35. The molecule has 1 aromatic rings. The molecule has 1 aliphatic heterocycles. The van der Waals surface area contributed by atoms with E-state index in [0.717, 1.165) is 32.8 Å². The van der Waals surface area contributed by atoms with Crippen LogP contribution in [0.2, 0.25) is 0 Å². The summed E-state index contributed by atoms with van der Waals surface area (Å²) >= 11 is 0. The molecule has 1 unspecified atom stereocenters. The molecule has 1 fully saturated rings. The number of nitrogens with one attached hydrogen (secondary N) is 1. The number of rotatable bonds is 7. The molecule has 2 heterocycles. The van der Waals surface area contributed by atoms with E-state index in [4.69, 9.17) is 4.74 Å². The minimum absolute atomic E-state index is 0.396. The molecule has 1 aromatic heterocycles. The lowest BCUT2D eigenvalue weighted by molar-refractivity contribution is 0.0155. The molecule has 1 N–H and O–H groups in total. The van der Waals surface area contributed by atoms with Crippen LogP contribution in [0.4, 0.5) is 0 Å². The molecule has 2 rings (SSSR count). The van der Waals surface area contributed by atoms with Gasteiger partial charge >= 0.3 is 0 Å². The van der Waals surface area contributed by atoms with Crippen LogP contribution in [0.3, 0.4) is 0 Å². The molecule has 1 aliphatic rings. The van der Waals surface area contributed by atoms with Crippen molar-refractivity contribution >= 4 is 0 Å². The van der Waals surface area contributed by atoms with Gasteiger partial charge in [-0.25, -0.2) is 0 Å². The number of morpholine rings is 1. The van der Waals surface area contributed by atoms with Crippen LogP contribution >= 0.6 is 0 Å². The second kappa shape index (κ2) is 8.35. The quantitative estimate of drug-likeness (QED) is 0.829. The average Bonchev–Trinajstić information content (AvgIpc) is 2.53. The summed E-state index contributed by atoms with van der Waals surface area (Å²) in [5, 5.41) is 3.70. The molecular formula is C16H27N3O. The first-order valence-electron chi connectivity index (χ1n) is 7.80. The van der Waals surface area contributed by atoms with Crippen molar-refractivity contribution < 1.29 is 4.74 Å². The van der Waals surface area contributed by atoms with Crippen LogP contribution in [0, 0.1) is 0 Å². The van der Waals surface area contributed by atoms with Crippen LogP contribution in [0.15, 0.2) is 24.5 Å². The van der Waals surface area contributed by atoms with Gasteiger partial charge in [-0.2, -0.15) is 0 Å². The monoisotopic (exact) mass is 277 g/mol. The normalized spacial score (nSPS) is 18.4. The largest absolute Gasteiger partial charge is 0.379 e. The highest BCUT2D eigenvalue weighted by Gasteiger charge is 2.23. The molecule has 20 heavy (non-hydrogen) atoms. The summed E-state index contributed by atoms with van der Waals surface area (Å²) in [5.74, 6) is 0. The molecular weight excluding hydrogens is 250 g/mol. The fourth-order valence-corrected chi connectivity index (χ4v) is 2.78. The van der Waals surface area contributed by atoms with E-state index in [-0.39, 0.29) is 0 Å². The van der Waals surface area contributed by atoms with E-state index in [9.17, 15) is 0 Å². The number of nitrogens with zero attached hydrogens (tertiary/aromatic N) is 2. The number of pyridine rings is 1. The maximum atomic E-state index is 5.48. The van der Waals surface area contributed by atoms with Crippen LogP contribution in [-0.4, -0.2) is 48.8 Å². The molecule has 0 saturated carbocycles. The number of hydrogen-bond donors (Lipinski definition) is 1. The van der Waals surface area contributed by atoms with Gasteiger partial charge in [-0.15, -0.1) is 0 Å². The summed E-state index contributed by atoms with van der Waals surface area (Å²) < 4.78 is 5.48. The van der Waals surface area contributed by atoms with Crippen molar-refractivity contribution in [3.05, 3.63) is 30.1 Å². The lowest BCUT2D eigenvalue weighted by atomic mass is 10.1. The summed E-state index contributed by atoms with van der Waals surface area (Å²) in [5.41, 5.74) is 1.30. The molecule has 0 aromatic carbocycles. The number of hydrogen-bond acceptors (Lipinski definition) is 4. The highest BCUT2D eigenvalue weighted by atomic mass is 16.5. The fraction of sp³-hybridized carbons (Fsp3) is 0.688. The molecule has 4 nitrogen and oxygen atoms in total. The zero-order valence-electron chi connectivity index (χ0n) is 12.7. The first kappa shape index (κ1) is 15.4. The van der Waals surface area contributed by atoms with Crippen LogP contribution in [0.1, 0.15) is 38.3 Å². The number of ether oxygens (including phenoxy) is 1. The minimum atomic E-state index is 0.396. The highest BCUT2D eigenvalue weighted by molar-refractivity contribution is 5.15. The van der Waals surface area contributed by atoms with Crippen LogP contribution in [0.25, 0.3) is 0 Å². The predicted molar refractivity (Wildman–Crippen MR) is 81.7 cm³/mol. The second-order valence-electron chi connectivity index (χ2n) is 5.37. The van der Waals surface area contributed by atoms with Gasteiger partial charge in [-0.05, 0) is 24.5 Å². The Morgan fingerprint density at radius 3 is 2.65 bits per heavy atom. The van der Waals surface area contributed by atoms with Gasteiger partial charge < -0.3 is 10.1 Å². The van der Waals surface area contributed by atoms with Gasteiger partial charge in [0.15, 0.2) is 0 Å². The second-order valence-corrected chi connectivity index (χ2v) is 5.37. The lowest BCUT2D eigenvalue weighted by Crippen LogP contribution is -2.44. The molecule has 112 valence electrons. The first-order chi connectivity index (χ1) is 9.85. The molecule has 0 spiro atoms. The number of aromatic nitrogens is 1. The third-order valence-corrected chi connectivity index (χ3v) is 4.14. The summed E-state index contributed by atoms with van der Waals surface area (Å²) in [6, 6.07) is 5.21. The van der Waals surface area contributed by atoms with Crippen molar-refractivity contribution in [2.45, 2.75) is 38.8 Å². The zero-order chi connectivity index (χ0) is 14.2. The van der Waals surface area contributed by atoms with Crippen molar-refractivity contribution in [3.63, 3.8) is 0 Å². The Morgan fingerprint density at radius 1 is 1.30 bits per heavy atom. The molecule has 0 amide bonds. The molecule has 0 aliphatic carbocycles. The molecule has 1 atom stereocenters. The van der Waals surface area contributed by atoms with Crippen LogP contribution in [0.5, 0.6) is 0 Å². The van der Waals surface area contributed by atoms with E-state index >= 15 is 0 Å². The maximum Gasteiger partial charge on any atom is 0.0594 e. The third-order valence-electron chi connectivity index (χ3n) is 4.14. The van der Waals surface area contributed by atoms with Gasteiger partial charge in [0.2, 0.25) is 0 Å². The SMILES string of the molecule is CCC(CC)NCC(c1cccnc1)N1CCOCC1. The Balaban J connectivity index is 2.03. The fourth-order valence-electron chi connectivity index (χ4n) is 2.78. The van der Waals surface area contributed by atoms with Crippen LogP contribution < -0.4 is 5.32 Å². The van der Waals surface area contributed by atoms with Gasteiger partial charge in [0.05, 0.1) is 13.2 Å². The van der Waals surface area contributed by atoms with Crippen molar-refractivity contribution in [1.29, 1.82) is 0 Å². The van der Waals surface area contributed by atoms with Crippen molar-refractivity contribution in [3.8, 4) is 0 Å². The van der Waals surface area contributed by atoms with Gasteiger partial charge in [0.1, 0.15) is 0 Å². The van der Waals surface area contributed by atoms with Crippen LogP contribution in [-0.2, 0) is 4.74 Å². The van der Waals surface area contributed by atoms with Gasteiger partial charge in [-0.3, -0.25) is 9.88 Å². The van der Waals surface area contributed by atoms with Gasteiger partial charge in [-0.1, -0.05) is 19.9 Å². The van der Waals surface area contributed by atoms with Gasteiger partial charge in [0, 0.05) is 44.1 Å². The van der Waals surface area contributed by atoms with Gasteiger partial charge in [0.25, 0.3) is 0 Å². The van der Waals surface area contributed by atoms with E-state index in [1.54, 1.807) is 0 Å². The average molecular weight is 277 g/mol. The summed E-state index contributed by atoms with van der Waals surface area (Å²) in [6.45, 7) is 9.15. The highest BCUT2D eigenvalue weighted by Crippen LogP contribution is 2.20. The van der Waals surface area contributed by atoms with E-state index in [2.05, 4.69) is 35.1 Å². The summed E-state index contributed by atoms with van der Waals surface area (Å²) in [4.78, 5) is 6.79. The molecule has 0 radical (unpaired) electrons. The smallest absolute Gasteiger partial charge is 0.0594 e. The predicted octanol–water partition coefficient (Wildman–Crippen LogP) is 2.23. The van der Waals surface area contributed by atoms with Crippen molar-refractivity contribution in [2.75, 3.05) is 32.8 Å².